The first-order valence-corrected chi connectivity index (χ1v) is 9.20. The van der Waals surface area contributed by atoms with Crippen LogP contribution in [0.4, 0.5) is 10.5 Å². The number of aromatic nitrogens is 2. The van der Waals surface area contributed by atoms with Crippen molar-refractivity contribution in [3.63, 3.8) is 0 Å². The van der Waals surface area contributed by atoms with Gasteiger partial charge in [0.2, 0.25) is 0 Å². The summed E-state index contributed by atoms with van der Waals surface area (Å²) in [6.07, 6.45) is 5.27. The minimum atomic E-state index is -0.275. The van der Waals surface area contributed by atoms with Crippen LogP contribution in [0.3, 0.4) is 0 Å². The summed E-state index contributed by atoms with van der Waals surface area (Å²) in [6, 6.07) is 8.48. The van der Waals surface area contributed by atoms with Crippen molar-refractivity contribution in [2.24, 2.45) is 0 Å². The predicted octanol–water partition coefficient (Wildman–Crippen LogP) is 4.48. The number of aromatic amines is 1. The number of nitrogens with one attached hydrogen (secondary N) is 3. The molecule has 3 N–H and O–H groups in total. The summed E-state index contributed by atoms with van der Waals surface area (Å²) in [5.41, 5.74) is 2.26. The molecule has 0 bridgehead atoms. The number of carbonyl (C=O) groups excluding carboxylic acids is 2. The van der Waals surface area contributed by atoms with Crippen LogP contribution in [0.2, 0.25) is 0 Å². The maximum Gasteiger partial charge on any atom is 0.319 e. The number of hydrogen-bond acceptors (Lipinski definition) is 3. The first-order valence-electron chi connectivity index (χ1n) is 8.40. The molecule has 0 saturated heterocycles. The van der Waals surface area contributed by atoms with Crippen molar-refractivity contribution >= 4 is 44.5 Å². The molecule has 0 aliphatic carbocycles. The van der Waals surface area contributed by atoms with E-state index in [-0.39, 0.29) is 11.8 Å². The lowest BCUT2D eigenvalue weighted by Crippen LogP contribution is -2.29. The number of carbonyl (C=O) groups is 2. The van der Waals surface area contributed by atoms with Crippen LogP contribution < -0.4 is 10.6 Å². The lowest BCUT2D eigenvalue weighted by Gasteiger charge is -2.08. The van der Waals surface area contributed by atoms with Gasteiger partial charge in [0, 0.05) is 45.6 Å². The summed E-state index contributed by atoms with van der Waals surface area (Å²) in [6.45, 7) is 2.69. The lowest BCUT2D eigenvalue weighted by atomic mass is 10.0. The number of amides is 2. The third-order valence-electron chi connectivity index (χ3n) is 3.94. The quantitative estimate of drug-likeness (QED) is 0.410. The van der Waals surface area contributed by atoms with Crippen LogP contribution in [0.5, 0.6) is 0 Å². The van der Waals surface area contributed by atoms with Gasteiger partial charge in [0.15, 0.2) is 5.78 Å². The van der Waals surface area contributed by atoms with Gasteiger partial charge in [-0.05, 0) is 40.5 Å². The first-order chi connectivity index (χ1) is 12.6. The molecular formula is C19H19BrN4O2. The molecule has 0 aliphatic rings. The summed E-state index contributed by atoms with van der Waals surface area (Å²) in [5, 5.41) is 6.29. The molecule has 2 amide bonds. The van der Waals surface area contributed by atoms with Crippen molar-refractivity contribution in [2.75, 3.05) is 11.9 Å². The Kier molecular flexibility index (Phi) is 5.68. The molecule has 2 aromatic heterocycles. The molecule has 0 saturated carbocycles. The van der Waals surface area contributed by atoms with Crippen molar-refractivity contribution in [2.45, 2.75) is 19.8 Å². The van der Waals surface area contributed by atoms with Gasteiger partial charge in [-0.2, -0.15) is 0 Å². The van der Waals surface area contributed by atoms with Crippen molar-refractivity contribution in [1.29, 1.82) is 0 Å². The lowest BCUT2D eigenvalue weighted by molar-refractivity contribution is 0.104. The van der Waals surface area contributed by atoms with Gasteiger partial charge in [0.05, 0.1) is 0 Å². The smallest absolute Gasteiger partial charge is 0.319 e. The average Bonchev–Trinajstić information content (AvgIpc) is 3.04. The summed E-state index contributed by atoms with van der Waals surface area (Å²) >= 11 is 3.38. The van der Waals surface area contributed by atoms with Gasteiger partial charge in [0.25, 0.3) is 0 Å². The van der Waals surface area contributed by atoms with E-state index in [1.807, 2.05) is 6.07 Å². The summed E-state index contributed by atoms with van der Waals surface area (Å²) < 4.78 is 0.804. The molecule has 0 spiro atoms. The summed E-state index contributed by atoms with van der Waals surface area (Å²) in [4.78, 5) is 32.0. The Labute approximate surface area is 159 Å². The fourth-order valence-corrected chi connectivity index (χ4v) is 2.94. The minimum absolute atomic E-state index is 0.133. The van der Waals surface area contributed by atoms with Crippen LogP contribution in [-0.4, -0.2) is 28.3 Å². The van der Waals surface area contributed by atoms with Gasteiger partial charge in [-0.1, -0.05) is 25.5 Å². The molecule has 0 radical (unpaired) electrons. The molecule has 7 heteroatoms. The standard InChI is InChI=1S/C19H19BrN4O2/c1-2-3-7-21-19(26)24-14-6-4-5-12(8-14)17(25)16-11-23-18-15(16)9-13(20)10-22-18/h4-6,8-11H,2-3,7H2,1H3,(H,22,23)(H2,21,24,26). The number of fused-ring (bicyclic) bond motifs is 1. The van der Waals surface area contributed by atoms with E-state index in [1.54, 1.807) is 36.7 Å². The van der Waals surface area contributed by atoms with Crippen molar-refractivity contribution in [1.82, 2.24) is 15.3 Å². The Morgan fingerprint density at radius 1 is 1.27 bits per heavy atom. The number of pyridine rings is 1. The minimum Gasteiger partial charge on any atom is -0.345 e. The van der Waals surface area contributed by atoms with E-state index in [0.717, 1.165) is 22.7 Å². The number of benzene rings is 1. The summed E-state index contributed by atoms with van der Waals surface area (Å²) in [7, 11) is 0. The van der Waals surface area contributed by atoms with Gasteiger partial charge in [0.1, 0.15) is 5.65 Å². The monoisotopic (exact) mass is 414 g/mol. The largest absolute Gasteiger partial charge is 0.345 e. The number of rotatable bonds is 6. The van der Waals surface area contributed by atoms with Crippen LogP contribution >= 0.6 is 15.9 Å². The second-order valence-corrected chi connectivity index (χ2v) is 6.81. The van der Waals surface area contributed by atoms with E-state index in [9.17, 15) is 9.59 Å². The number of ketones is 1. The molecule has 0 unspecified atom stereocenters. The van der Waals surface area contributed by atoms with Crippen LogP contribution in [0.1, 0.15) is 35.7 Å². The molecule has 26 heavy (non-hydrogen) atoms. The van der Waals surface area contributed by atoms with Crippen LogP contribution in [0.25, 0.3) is 11.0 Å². The molecule has 2 heterocycles. The van der Waals surface area contributed by atoms with E-state index < -0.39 is 0 Å². The van der Waals surface area contributed by atoms with E-state index in [4.69, 9.17) is 0 Å². The highest BCUT2D eigenvalue weighted by molar-refractivity contribution is 9.10. The first kappa shape index (κ1) is 18.1. The second kappa shape index (κ2) is 8.14. The number of H-pyrrole nitrogens is 1. The maximum atomic E-state index is 12.9. The number of urea groups is 1. The van der Waals surface area contributed by atoms with Crippen LogP contribution in [0, 0.1) is 0 Å². The van der Waals surface area contributed by atoms with Crippen LogP contribution in [0.15, 0.2) is 47.2 Å². The van der Waals surface area contributed by atoms with Gasteiger partial charge >= 0.3 is 6.03 Å². The van der Waals surface area contributed by atoms with E-state index >= 15 is 0 Å². The van der Waals surface area contributed by atoms with Crippen molar-refractivity contribution in [3.8, 4) is 0 Å². The average molecular weight is 415 g/mol. The Balaban J connectivity index is 1.79. The van der Waals surface area contributed by atoms with Gasteiger partial charge < -0.3 is 15.6 Å². The van der Waals surface area contributed by atoms with Crippen molar-refractivity contribution in [3.05, 3.63) is 58.3 Å². The zero-order valence-corrected chi connectivity index (χ0v) is 15.9. The molecule has 3 aromatic rings. The zero-order valence-electron chi connectivity index (χ0n) is 14.3. The second-order valence-electron chi connectivity index (χ2n) is 5.90. The van der Waals surface area contributed by atoms with Crippen LogP contribution in [-0.2, 0) is 0 Å². The fraction of sp³-hybridized carbons (Fsp3) is 0.211. The third kappa shape index (κ3) is 4.11. The highest BCUT2D eigenvalue weighted by Gasteiger charge is 2.16. The van der Waals surface area contributed by atoms with E-state index in [0.29, 0.717) is 29.0 Å². The highest BCUT2D eigenvalue weighted by Crippen LogP contribution is 2.24. The van der Waals surface area contributed by atoms with E-state index in [1.165, 1.54) is 0 Å². The predicted molar refractivity (Wildman–Crippen MR) is 106 cm³/mol. The Morgan fingerprint density at radius 3 is 2.92 bits per heavy atom. The third-order valence-corrected chi connectivity index (χ3v) is 4.37. The highest BCUT2D eigenvalue weighted by atomic mass is 79.9. The molecule has 6 nitrogen and oxygen atoms in total. The number of unbranched alkanes of at least 4 members (excludes halogenated alkanes) is 1. The molecule has 134 valence electrons. The summed E-state index contributed by atoms with van der Waals surface area (Å²) in [5.74, 6) is -0.133. The van der Waals surface area contributed by atoms with Gasteiger partial charge in [-0.15, -0.1) is 0 Å². The van der Waals surface area contributed by atoms with Gasteiger partial charge in [-0.3, -0.25) is 4.79 Å². The topological polar surface area (TPSA) is 86.9 Å². The Morgan fingerprint density at radius 2 is 2.12 bits per heavy atom. The number of nitrogens with zero attached hydrogens (tertiary/aromatic N) is 1. The van der Waals surface area contributed by atoms with E-state index in [2.05, 4.69) is 43.5 Å². The zero-order chi connectivity index (χ0) is 18.5. The number of halogens is 1. The molecular weight excluding hydrogens is 396 g/mol. The molecule has 0 atom stereocenters. The number of anilines is 1. The Bertz CT molecular complexity index is 952. The molecule has 0 fully saturated rings. The Hall–Kier alpha value is -2.67. The maximum absolute atomic E-state index is 12.9. The number of hydrogen-bond donors (Lipinski definition) is 3. The molecule has 1 aromatic carbocycles. The molecule has 3 rings (SSSR count). The SMILES string of the molecule is CCCCNC(=O)Nc1cccc(C(=O)c2c[nH]c3ncc(Br)cc23)c1. The van der Waals surface area contributed by atoms with Crippen molar-refractivity contribution < 1.29 is 9.59 Å². The fourth-order valence-electron chi connectivity index (χ4n) is 2.61. The van der Waals surface area contributed by atoms with Gasteiger partial charge in [-0.25, -0.2) is 9.78 Å². The normalized spacial score (nSPS) is 10.7. The molecule has 0 aliphatic heterocycles.